The zero-order valence-corrected chi connectivity index (χ0v) is 8.92. The number of aliphatic carboxylic acids is 1. The molecule has 1 heterocycles. The van der Waals surface area contributed by atoms with Crippen LogP contribution in [0.25, 0.3) is 0 Å². The lowest BCUT2D eigenvalue weighted by molar-refractivity contribution is -0.138. The fourth-order valence-electron chi connectivity index (χ4n) is 1.60. The van der Waals surface area contributed by atoms with Gasteiger partial charge in [-0.2, -0.15) is 0 Å². The van der Waals surface area contributed by atoms with E-state index in [9.17, 15) is 4.79 Å². The van der Waals surface area contributed by atoms with E-state index in [0.29, 0.717) is 6.42 Å². The monoisotopic (exact) mass is 187 g/mol. The van der Waals surface area contributed by atoms with Gasteiger partial charge in [0, 0.05) is 6.04 Å². The normalized spacial score (nSPS) is 23.2. The molecule has 0 bridgehead atoms. The van der Waals surface area contributed by atoms with E-state index in [4.69, 9.17) is 5.11 Å². The van der Waals surface area contributed by atoms with Gasteiger partial charge in [0.25, 0.3) is 0 Å². The summed E-state index contributed by atoms with van der Waals surface area (Å²) in [6.45, 7) is 5.05. The molecule has 0 spiro atoms. The minimum Gasteiger partial charge on any atom is -0.481 e. The summed E-state index contributed by atoms with van der Waals surface area (Å²) >= 11 is 0. The molecule has 1 N–H and O–H groups in total. The van der Waals surface area contributed by atoms with E-state index in [1.54, 1.807) is 0 Å². The van der Waals surface area contributed by atoms with Gasteiger partial charge in [0.2, 0.25) is 0 Å². The molecule has 13 heavy (non-hydrogen) atoms. The number of nitrogens with zero attached hydrogens (tertiary/aromatic N) is 1. The van der Waals surface area contributed by atoms with Gasteiger partial charge in [-0.05, 0) is 26.4 Å². The lowest BCUT2D eigenvalue weighted by Crippen LogP contribution is -2.37. The van der Waals surface area contributed by atoms with Crippen LogP contribution in [0.1, 0.15) is 39.5 Å². The molecule has 0 aromatic carbocycles. The summed E-state index contributed by atoms with van der Waals surface area (Å²) < 4.78 is 0. The summed E-state index contributed by atoms with van der Waals surface area (Å²) in [7, 11) is 2.01. The van der Waals surface area contributed by atoms with E-state index >= 15 is 0 Å². The average Bonchev–Trinajstić information content (AvgIpc) is 2.12. The number of rotatable bonds is 2. The summed E-state index contributed by atoms with van der Waals surface area (Å²) in [6, 6.07) is 0.279. The smallest absolute Gasteiger partial charge is 0.304 e. The topological polar surface area (TPSA) is 40.5 Å². The highest BCUT2D eigenvalue weighted by Gasteiger charge is 2.20. The highest BCUT2D eigenvalue weighted by atomic mass is 16.4. The Hall–Kier alpha value is -0.570. The van der Waals surface area contributed by atoms with Crippen molar-refractivity contribution in [2.75, 3.05) is 13.6 Å². The van der Waals surface area contributed by atoms with Gasteiger partial charge >= 0.3 is 5.97 Å². The van der Waals surface area contributed by atoms with Crippen molar-refractivity contribution in [3.8, 4) is 0 Å². The van der Waals surface area contributed by atoms with E-state index in [2.05, 4.69) is 4.90 Å². The number of carboxylic acids is 1. The summed E-state index contributed by atoms with van der Waals surface area (Å²) in [6.07, 6.45) is 3.74. The highest BCUT2D eigenvalue weighted by molar-refractivity contribution is 5.67. The van der Waals surface area contributed by atoms with Crippen LogP contribution in [0.5, 0.6) is 0 Å². The molecule has 1 unspecified atom stereocenters. The number of carboxylic acid groups (broad SMARTS) is 1. The van der Waals surface area contributed by atoms with Crippen molar-refractivity contribution >= 4 is 5.97 Å². The Morgan fingerprint density at radius 1 is 1.46 bits per heavy atom. The minimum absolute atomic E-state index is 0.279. The van der Waals surface area contributed by atoms with Crippen LogP contribution in [0.15, 0.2) is 0 Å². The summed E-state index contributed by atoms with van der Waals surface area (Å²) in [5, 5.41) is 8.56. The molecule has 0 aromatic rings. The fraction of sp³-hybridized carbons (Fsp3) is 0.900. The number of piperidine rings is 1. The third kappa shape index (κ3) is 4.88. The molecule has 3 nitrogen and oxygen atoms in total. The van der Waals surface area contributed by atoms with Gasteiger partial charge in [-0.25, -0.2) is 0 Å². The molecule has 1 aliphatic heterocycles. The van der Waals surface area contributed by atoms with Crippen LogP contribution in [-0.2, 0) is 4.79 Å². The molecule has 1 rings (SSSR count). The van der Waals surface area contributed by atoms with Gasteiger partial charge in [-0.15, -0.1) is 0 Å². The standard InChI is InChI=1S/C8H15NO2.C2H6/c1-9-5-3-2-4-7(9)6-8(10)11;1-2/h7H,2-6H2,1H3,(H,10,11);1-2H3. The van der Waals surface area contributed by atoms with Crippen molar-refractivity contribution in [1.29, 1.82) is 0 Å². The third-order valence-corrected chi connectivity index (χ3v) is 2.33. The predicted octanol–water partition coefficient (Wildman–Crippen LogP) is 1.97. The van der Waals surface area contributed by atoms with Gasteiger partial charge in [0.15, 0.2) is 0 Å². The Labute approximate surface area is 80.7 Å². The van der Waals surface area contributed by atoms with Crippen LogP contribution in [0.3, 0.4) is 0 Å². The molecular formula is C10H21NO2. The maximum absolute atomic E-state index is 10.4. The second-order valence-electron chi connectivity index (χ2n) is 3.23. The molecule has 1 fully saturated rings. The second kappa shape index (κ2) is 6.89. The van der Waals surface area contributed by atoms with Crippen LogP contribution in [-0.4, -0.2) is 35.6 Å². The lowest BCUT2D eigenvalue weighted by atomic mass is 10.0. The first-order chi connectivity index (χ1) is 6.20. The maximum Gasteiger partial charge on any atom is 0.304 e. The molecule has 0 aromatic heterocycles. The molecule has 1 aliphatic rings. The van der Waals surface area contributed by atoms with Gasteiger partial charge < -0.3 is 10.0 Å². The first-order valence-corrected chi connectivity index (χ1v) is 5.12. The van der Waals surface area contributed by atoms with Crippen LogP contribution in [0, 0.1) is 0 Å². The Balaban J connectivity index is 0.000000671. The number of likely N-dealkylation sites (tertiary alicyclic amines) is 1. The Kier molecular flexibility index (Phi) is 6.59. The predicted molar refractivity (Wildman–Crippen MR) is 53.9 cm³/mol. The maximum atomic E-state index is 10.4. The first kappa shape index (κ1) is 12.4. The number of hydrogen-bond donors (Lipinski definition) is 1. The van der Waals surface area contributed by atoms with Gasteiger partial charge in [-0.3, -0.25) is 4.79 Å². The van der Waals surface area contributed by atoms with Crippen molar-refractivity contribution in [3.63, 3.8) is 0 Å². The molecule has 0 saturated carbocycles. The van der Waals surface area contributed by atoms with Crippen LogP contribution in [0.4, 0.5) is 0 Å². The molecule has 0 aliphatic carbocycles. The number of carbonyl (C=O) groups is 1. The van der Waals surface area contributed by atoms with Crippen molar-refractivity contribution in [3.05, 3.63) is 0 Å². The van der Waals surface area contributed by atoms with Gasteiger partial charge in [-0.1, -0.05) is 20.3 Å². The van der Waals surface area contributed by atoms with Crippen LogP contribution in [0.2, 0.25) is 0 Å². The SMILES string of the molecule is CC.CN1CCCCC1CC(=O)O. The molecule has 0 amide bonds. The summed E-state index contributed by atoms with van der Waals surface area (Å²) in [4.78, 5) is 12.5. The van der Waals surface area contributed by atoms with E-state index < -0.39 is 5.97 Å². The Morgan fingerprint density at radius 2 is 2.08 bits per heavy atom. The molecule has 78 valence electrons. The average molecular weight is 187 g/mol. The highest BCUT2D eigenvalue weighted by Crippen LogP contribution is 2.17. The van der Waals surface area contributed by atoms with E-state index in [1.165, 1.54) is 12.8 Å². The Morgan fingerprint density at radius 3 is 2.54 bits per heavy atom. The number of hydrogen-bond acceptors (Lipinski definition) is 2. The zero-order chi connectivity index (χ0) is 10.3. The fourth-order valence-corrected chi connectivity index (χ4v) is 1.60. The van der Waals surface area contributed by atoms with E-state index in [0.717, 1.165) is 13.0 Å². The van der Waals surface area contributed by atoms with Crippen molar-refractivity contribution in [2.24, 2.45) is 0 Å². The third-order valence-electron chi connectivity index (χ3n) is 2.33. The van der Waals surface area contributed by atoms with Crippen LogP contribution < -0.4 is 0 Å². The molecular weight excluding hydrogens is 166 g/mol. The van der Waals surface area contributed by atoms with Crippen molar-refractivity contribution in [1.82, 2.24) is 4.90 Å². The molecule has 0 radical (unpaired) electrons. The Bertz CT molecular complexity index is 148. The van der Waals surface area contributed by atoms with Crippen molar-refractivity contribution in [2.45, 2.75) is 45.6 Å². The minimum atomic E-state index is -0.677. The second-order valence-corrected chi connectivity index (χ2v) is 3.23. The largest absolute Gasteiger partial charge is 0.481 e. The van der Waals surface area contributed by atoms with E-state index in [1.807, 2.05) is 20.9 Å². The van der Waals surface area contributed by atoms with Gasteiger partial charge in [0.1, 0.15) is 0 Å². The van der Waals surface area contributed by atoms with E-state index in [-0.39, 0.29) is 6.04 Å². The van der Waals surface area contributed by atoms with Crippen LogP contribution >= 0.6 is 0 Å². The van der Waals surface area contributed by atoms with Gasteiger partial charge in [0.05, 0.1) is 6.42 Å². The molecule has 3 heteroatoms. The summed E-state index contributed by atoms with van der Waals surface area (Å²) in [5.41, 5.74) is 0. The summed E-state index contributed by atoms with van der Waals surface area (Å²) in [5.74, 6) is -0.677. The lowest BCUT2D eigenvalue weighted by Gasteiger charge is -2.31. The quantitative estimate of drug-likeness (QED) is 0.718. The molecule has 1 saturated heterocycles. The van der Waals surface area contributed by atoms with Crippen molar-refractivity contribution < 1.29 is 9.90 Å². The zero-order valence-electron chi connectivity index (χ0n) is 8.92. The molecule has 1 atom stereocenters. The first-order valence-electron chi connectivity index (χ1n) is 5.12.